The molecule has 51 heavy (non-hydrogen) atoms. The number of nitrogens with zero attached hydrogens (tertiary/aromatic N) is 2. The molecule has 0 saturated carbocycles. The minimum atomic E-state index is -1.35. The van der Waals surface area contributed by atoms with Gasteiger partial charge >= 0.3 is 5.97 Å². The summed E-state index contributed by atoms with van der Waals surface area (Å²) in [5.74, 6) is -4.35. The van der Waals surface area contributed by atoms with E-state index in [9.17, 15) is 33.9 Å². The van der Waals surface area contributed by atoms with E-state index >= 15 is 0 Å². The molecule has 0 spiro atoms. The number of carboxylic acids is 1. The molecule has 0 saturated heterocycles. The van der Waals surface area contributed by atoms with Crippen LogP contribution >= 0.6 is 11.3 Å². The molecule has 4 aromatic rings. The van der Waals surface area contributed by atoms with Crippen LogP contribution in [-0.4, -0.2) is 74.3 Å². The minimum Gasteiger partial charge on any atom is -0.480 e. The van der Waals surface area contributed by atoms with Crippen LogP contribution in [0, 0.1) is 0 Å². The highest BCUT2D eigenvalue weighted by Crippen LogP contribution is 2.15. The number of aromatic nitrogens is 2. The SMILES string of the molecule is Cn1cnc(C[C@@H]2NC(=O)[C@@H](Cc3cccs3)NC(=O)CCC(=O)Nc3ccc(cc3)C[C@@H](C(=O)O)NC(=O)[C@@H](Cc3ccccc3)NC2=O)c1. The molecule has 6 rings (SSSR count). The Morgan fingerprint density at radius 1 is 0.784 bits per heavy atom. The Balaban J connectivity index is 1.49. The second-order valence-electron chi connectivity index (χ2n) is 12.3. The number of hydrogen-bond donors (Lipinski definition) is 6. The Bertz CT molecular complexity index is 1840. The van der Waals surface area contributed by atoms with Gasteiger partial charge in [-0.1, -0.05) is 48.5 Å². The van der Waals surface area contributed by atoms with Crippen LogP contribution in [0.5, 0.6) is 0 Å². The van der Waals surface area contributed by atoms with Crippen molar-refractivity contribution in [2.75, 3.05) is 5.32 Å². The smallest absolute Gasteiger partial charge is 0.326 e. The molecule has 2 aromatic heterocycles. The van der Waals surface area contributed by atoms with E-state index in [1.165, 1.54) is 11.3 Å². The van der Waals surface area contributed by atoms with Gasteiger partial charge in [-0.3, -0.25) is 24.0 Å². The van der Waals surface area contributed by atoms with Crippen LogP contribution < -0.4 is 26.6 Å². The van der Waals surface area contributed by atoms with Crippen molar-refractivity contribution in [3.05, 3.63) is 106 Å². The summed E-state index contributed by atoms with van der Waals surface area (Å²) in [6, 6.07) is 14.1. The molecule has 266 valence electrons. The van der Waals surface area contributed by atoms with Crippen molar-refractivity contribution >= 4 is 52.5 Å². The quantitative estimate of drug-likeness (QED) is 0.155. The fourth-order valence-electron chi connectivity index (χ4n) is 5.58. The Kier molecular flexibility index (Phi) is 12.3. The zero-order chi connectivity index (χ0) is 36.3. The largest absolute Gasteiger partial charge is 0.480 e. The predicted octanol–water partition coefficient (Wildman–Crippen LogP) is 1.51. The molecule has 4 heterocycles. The van der Waals surface area contributed by atoms with Crippen molar-refractivity contribution in [1.29, 1.82) is 0 Å². The standard InChI is InChI=1S/C36H39N7O7S/c1-43-20-25(37-21-43)18-28-34(47)40-27(16-22-6-3-2-4-7-22)33(46)42-30(36(49)50)17-23-9-11-24(12-10-23)38-31(44)13-14-32(45)39-29(35(48)41-28)19-26-8-5-15-51-26/h2-12,15,20-21,27-30H,13-14,16-19H2,1H3,(H,38,44)(H,39,45)(H,40,47)(H,41,48)(H,42,46)(H,49,50)/t27-,28+,29-,30+/m1/s1. The van der Waals surface area contributed by atoms with E-state index in [4.69, 9.17) is 0 Å². The molecule has 2 bridgehead atoms. The van der Waals surface area contributed by atoms with Crippen molar-refractivity contribution in [2.45, 2.75) is 62.7 Å². The predicted molar refractivity (Wildman–Crippen MR) is 188 cm³/mol. The number of carbonyl (C=O) groups is 6. The molecule has 15 heteroatoms. The third kappa shape index (κ3) is 10.8. The van der Waals surface area contributed by atoms with Crippen molar-refractivity contribution in [2.24, 2.45) is 7.05 Å². The highest BCUT2D eigenvalue weighted by atomic mass is 32.1. The van der Waals surface area contributed by atoms with Crippen LogP contribution in [0.1, 0.15) is 34.5 Å². The fraction of sp³-hybridized carbons (Fsp3) is 0.306. The Hall–Kier alpha value is -5.83. The van der Waals surface area contributed by atoms with Gasteiger partial charge in [-0.25, -0.2) is 9.78 Å². The molecule has 0 unspecified atom stereocenters. The summed E-state index contributed by atoms with van der Waals surface area (Å²) in [7, 11) is 1.76. The molecule has 6 N–H and O–H groups in total. The summed E-state index contributed by atoms with van der Waals surface area (Å²) in [4.78, 5) is 84.9. The second kappa shape index (κ2) is 17.2. The van der Waals surface area contributed by atoms with Gasteiger partial charge in [0.2, 0.25) is 29.5 Å². The number of carbonyl (C=O) groups excluding carboxylic acids is 5. The van der Waals surface area contributed by atoms with E-state index in [1.54, 1.807) is 78.7 Å². The number of imidazole rings is 1. The number of benzene rings is 2. The Labute approximate surface area is 298 Å². The average molecular weight is 714 g/mol. The summed E-state index contributed by atoms with van der Waals surface area (Å²) < 4.78 is 1.68. The van der Waals surface area contributed by atoms with Gasteiger partial charge in [0.15, 0.2) is 0 Å². The van der Waals surface area contributed by atoms with Crippen molar-refractivity contribution < 1.29 is 33.9 Å². The maximum Gasteiger partial charge on any atom is 0.326 e. The van der Waals surface area contributed by atoms with E-state index in [0.717, 1.165) is 4.88 Å². The van der Waals surface area contributed by atoms with Gasteiger partial charge in [-0.2, -0.15) is 0 Å². The lowest BCUT2D eigenvalue weighted by atomic mass is 10.0. The molecule has 2 aromatic carbocycles. The van der Waals surface area contributed by atoms with Crippen molar-refractivity contribution in [3.8, 4) is 0 Å². The van der Waals surface area contributed by atoms with Crippen molar-refractivity contribution in [3.63, 3.8) is 0 Å². The summed E-state index contributed by atoms with van der Waals surface area (Å²) >= 11 is 1.40. The van der Waals surface area contributed by atoms with Crippen LogP contribution in [0.3, 0.4) is 0 Å². The van der Waals surface area contributed by atoms with E-state index in [-0.39, 0.29) is 38.5 Å². The molecular weight excluding hydrogens is 675 g/mol. The molecule has 0 radical (unpaired) electrons. The van der Waals surface area contributed by atoms with Crippen LogP contribution in [0.25, 0.3) is 0 Å². The summed E-state index contributed by atoms with van der Waals surface area (Å²) in [6.07, 6.45) is 2.89. The summed E-state index contributed by atoms with van der Waals surface area (Å²) in [5.41, 5.74) is 2.20. The van der Waals surface area contributed by atoms with Gasteiger partial charge in [0, 0.05) is 62.3 Å². The molecule has 0 fully saturated rings. The van der Waals surface area contributed by atoms with E-state index in [2.05, 4.69) is 31.6 Å². The number of hydrogen-bond acceptors (Lipinski definition) is 8. The first-order valence-electron chi connectivity index (χ1n) is 16.4. The monoisotopic (exact) mass is 713 g/mol. The van der Waals surface area contributed by atoms with Gasteiger partial charge in [-0.15, -0.1) is 11.3 Å². The first kappa shape index (κ1) is 36.5. The number of anilines is 1. The fourth-order valence-corrected chi connectivity index (χ4v) is 6.33. The van der Waals surface area contributed by atoms with Gasteiger partial charge in [0.05, 0.1) is 12.0 Å². The van der Waals surface area contributed by atoms with Crippen molar-refractivity contribution in [1.82, 2.24) is 30.8 Å². The number of nitrogens with one attached hydrogen (secondary N) is 5. The zero-order valence-electron chi connectivity index (χ0n) is 27.8. The summed E-state index contributed by atoms with van der Waals surface area (Å²) in [5, 5.41) is 25.4. The molecule has 5 amide bonds. The van der Waals surface area contributed by atoms with E-state index in [1.807, 2.05) is 17.5 Å². The molecule has 0 aliphatic carbocycles. The van der Waals surface area contributed by atoms with Gasteiger partial charge in [-0.05, 0) is 34.7 Å². The maximum atomic E-state index is 14.1. The summed E-state index contributed by atoms with van der Waals surface area (Å²) in [6.45, 7) is 0. The number of thiophene rings is 1. The number of carboxylic acid groups (broad SMARTS) is 1. The van der Waals surface area contributed by atoms with Crippen LogP contribution in [0.15, 0.2) is 84.6 Å². The molecular formula is C36H39N7O7S. The van der Waals surface area contributed by atoms with Gasteiger partial charge in [0.25, 0.3) is 0 Å². The normalized spacial score (nSPS) is 21.0. The Morgan fingerprint density at radius 2 is 1.43 bits per heavy atom. The molecule has 14 nitrogen and oxygen atoms in total. The minimum absolute atomic E-state index is 0.0282. The number of amides is 5. The third-order valence-electron chi connectivity index (χ3n) is 8.23. The lowest BCUT2D eigenvalue weighted by Crippen LogP contribution is -2.59. The zero-order valence-corrected chi connectivity index (χ0v) is 28.7. The number of fused-ring (bicyclic) bond motifs is 18. The molecule has 2 aliphatic heterocycles. The van der Waals surface area contributed by atoms with Gasteiger partial charge in [0.1, 0.15) is 24.2 Å². The lowest BCUT2D eigenvalue weighted by molar-refractivity contribution is -0.142. The molecule has 4 atom stereocenters. The number of aliphatic carboxylic acids is 1. The number of aryl methyl sites for hydroxylation is 1. The number of rotatable bonds is 7. The second-order valence-corrected chi connectivity index (χ2v) is 13.3. The van der Waals surface area contributed by atoms with E-state index in [0.29, 0.717) is 22.5 Å². The van der Waals surface area contributed by atoms with Crippen LogP contribution in [0.4, 0.5) is 5.69 Å². The Morgan fingerprint density at radius 3 is 2.06 bits per heavy atom. The highest BCUT2D eigenvalue weighted by molar-refractivity contribution is 7.09. The molecule has 2 aliphatic rings. The first-order valence-corrected chi connectivity index (χ1v) is 17.3. The lowest BCUT2D eigenvalue weighted by Gasteiger charge is -2.26. The maximum absolute atomic E-state index is 14.1. The average Bonchev–Trinajstić information content (AvgIpc) is 3.78. The van der Waals surface area contributed by atoms with Crippen LogP contribution in [0.2, 0.25) is 0 Å². The third-order valence-corrected chi connectivity index (χ3v) is 9.13. The van der Waals surface area contributed by atoms with Crippen LogP contribution in [-0.2, 0) is 61.5 Å². The van der Waals surface area contributed by atoms with Gasteiger partial charge < -0.3 is 36.3 Å². The first-order chi connectivity index (χ1) is 24.5. The topological polar surface area (TPSA) is 201 Å². The van der Waals surface area contributed by atoms with E-state index < -0.39 is 59.7 Å². The highest BCUT2D eigenvalue weighted by Gasteiger charge is 2.32.